The van der Waals surface area contributed by atoms with Crippen molar-refractivity contribution in [3.63, 3.8) is 0 Å². The second-order valence-electron chi connectivity index (χ2n) is 3.27. The molecule has 1 aromatic heterocycles. The standard InChI is InChI=1S/C11H12ClNO/c1-7-8-4-3-5-9(12)11(8)10(14-7)6-13-2/h3-5,13H,6H2,1-2H3. The number of furan rings is 1. The molecule has 2 nitrogen and oxygen atoms in total. The molecule has 1 heterocycles. The van der Waals surface area contributed by atoms with Crippen LogP contribution in [0.15, 0.2) is 22.6 Å². The summed E-state index contributed by atoms with van der Waals surface area (Å²) in [6.45, 7) is 2.66. The number of fused-ring (bicyclic) bond motifs is 1. The summed E-state index contributed by atoms with van der Waals surface area (Å²) in [4.78, 5) is 0. The largest absolute Gasteiger partial charge is 0.464 e. The van der Waals surface area contributed by atoms with E-state index in [1.54, 1.807) is 0 Å². The van der Waals surface area contributed by atoms with Gasteiger partial charge in [-0.2, -0.15) is 0 Å². The van der Waals surface area contributed by atoms with Gasteiger partial charge in [0.05, 0.1) is 11.6 Å². The Morgan fingerprint density at radius 1 is 1.43 bits per heavy atom. The van der Waals surface area contributed by atoms with E-state index >= 15 is 0 Å². The van der Waals surface area contributed by atoms with Crippen LogP contribution in [0.3, 0.4) is 0 Å². The summed E-state index contributed by atoms with van der Waals surface area (Å²) in [6, 6.07) is 5.85. The molecule has 0 aliphatic rings. The zero-order valence-corrected chi connectivity index (χ0v) is 8.98. The van der Waals surface area contributed by atoms with Crippen molar-refractivity contribution in [1.82, 2.24) is 5.32 Å². The lowest BCUT2D eigenvalue weighted by molar-refractivity contribution is 0.477. The molecular weight excluding hydrogens is 198 g/mol. The number of benzene rings is 1. The van der Waals surface area contributed by atoms with Crippen LogP contribution in [0.4, 0.5) is 0 Å². The Labute approximate surface area is 87.9 Å². The molecule has 0 radical (unpaired) electrons. The zero-order chi connectivity index (χ0) is 10.1. The summed E-state index contributed by atoms with van der Waals surface area (Å²) in [6.07, 6.45) is 0. The fourth-order valence-electron chi connectivity index (χ4n) is 1.68. The molecule has 1 aromatic carbocycles. The lowest BCUT2D eigenvalue weighted by atomic mass is 10.1. The first-order valence-corrected chi connectivity index (χ1v) is 4.93. The van der Waals surface area contributed by atoms with Crippen LogP contribution in [0.2, 0.25) is 5.02 Å². The zero-order valence-electron chi connectivity index (χ0n) is 8.23. The second kappa shape index (κ2) is 3.64. The van der Waals surface area contributed by atoms with Crippen molar-refractivity contribution in [2.75, 3.05) is 7.05 Å². The number of halogens is 1. The molecule has 0 aliphatic heterocycles. The topological polar surface area (TPSA) is 25.2 Å². The summed E-state index contributed by atoms with van der Waals surface area (Å²) < 4.78 is 5.64. The van der Waals surface area contributed by atoms with Gasteiger partial charge in [0.2, 0.25) is 0 Å². The van der Waals surface area contributed by atoms with Crippen LogP contribution in [0.25, 0.3) is 10.8 Å². The van der Waals surface area contributed by atoms with Crippen molar-refractivity contribution in [2.45, 2.75) is 13.5 Å². The molecular formula is C11H12ClNO. The third kappa shape index (κ3) is 1.41. The van der Waals surface area contributed by atoms with Crippen molar-refractivity contribution in [3.05, 3.63) is 34.7 Å². The fourth-order valence-corrected chi connectivity index (χ4v) is 1.96. The van der Waals surface area contributed by atoms with Gasteiger partial charge in [-0.1, -0.05) is 23.7 Å². The molecule has 0 fully saturated rings. The Hall–Kier alpha value is -0.990. The molecule has 0 spiro atoms. The Balaban J connectivity index is 2.72. The van der Waals surface area contributed by atoms with Crippen LogP contribution in [-0.4, -0.2) is 7.05 Å². The average molecular weight is 210 g/mol. The normalized spacial score (nSPS) is 11.1. The molecule has 0 bridgehead atoms. The number of rotatable bonds is 2. The first-order chi connectivity index (χ1) is 6.74. The van der Waals surface area contributed by atoms with Gasteiger partial charge in [-0.25, -0.2) is 0 Å². The molecule has 2 aromatic rings. The SMILES string of the molecule is CNCc1oc(C)c2cccc(Cl)c12. The molecule has 74 valence electrons. The lowest BCUT2D eigenvalue weighted by Gasteiger charge is -1.97. The maximum Gasteiger partial charge on any atom is 0.127 e. The van der Waals surface area contributed by atoms with Gasteiger partial charge in [0.1, 0.15) is 11.5 Å². The number of hydrogen-bond acceptors (Lipinski definition) is 2. The molecule has 0 unspecified atom stereocenters. The van der Waals surface area contributed by atoms with Gasteiger partial charge in [-0.3, -0.25) is 0 Å². The molecule has 0 atom stereocenters. The third-order valence-electron chi connectivity index (χ3n) is 2.29. The lowest BCUT2D eigenvalue weighted by Crippen LogP contribution is -2.04. The Morgan fingerprint density at radius 2 is 2.21 bits per heavy atom. The minimum absolute atomic E-state index is 0.702. The number of aryl methyl sites for hydroxylation is 1. The summed E-state index contributed by atoms with van der Waals surface area (Å²) in [5.41, 5.74) is 0. The van der Waals surface area contributed by atoms with Crippen LogP contribution in [0, 0.1) is 6.92 Å². The fraction of sp³-hybridized carbons (Fsp3) is 0.273. The Bertz CT molecular complexity index is 462. The van der Waals surface area contributed by atoms with E-state index in [9.17, 15) is 0 Å². The van der Waals surface area contributed by atoms with Crippen LogP contribution in [-0.2, 0) is 6.54 Å². The van der Waals surface area contributed by atoms with Crippen molar-refractivity contribution in [1.29, 1.82) is 0 Å². The van der Waals surface area contributed by atoms with E-state index in [0.29, 0.717) is 6.54 Å². The molecule has 1 N–H and O–H groups in total. The van der Waals surface area contributed by atoms with Crippen molar-refractivity contribution in [2.24, 2.45) is 0 Å². The average Bonchev–Trinajstić information content (AvgIpc) is 2.46. The van der Waals surface area contributed by atoms with E-state index in [1.165, 1.54) is 0 Å². The van der Waals surface area contributed by atoms with E-state index in [4.69, 9.17) is 16.0 Å². The molecule has 2 rings (SSSR count). The molecule has 0 saturated heterocycles. The highest BCUT2D eigenvalue weighted by molar-refractivity contribution is 6.35. The van der Waals surface area contributed by atoms with Crippen LogP contribution < -0.4 is 5.32 Å². The molecule has 0 amide bonds. The van der Waals surface area contributed by atoms with Crippen LogP contribution in [0.5, 0.6) is 0 Å². The smallest absolute Gasteiger partial charge is 0.127 e. The molecule has 14 heavy (non-hydrogen) atoms. The number of hydrogen-bond donors (Lipinski definition) is 1. The molecule has 3 heteroatoms. The van der Waals surface area contributed by atoms with Gasteiger partial charge < -0.3 is 9.73 Å². The van der Waals surface area contributed by atoms with E-state index in [2.05, 4.69) is 5.32 Å². The molecule has 0 saturated carbocycles. The van der Waals surface area contributed by atoms with Gasteiger partial charge in [0, 0.05) is 10.8 Å². The summed E-state index contributed by atoms with van der Waals surface area (Å²) in [5.74, 6) is 1.83. The Kier molecular flexibility index (Phi) is 2.48. The quantitative estimate of drug-likeness (QED) is 0.822. The maximum atomic E-state index is 6.12. The second-order valence-corrected chi connectivity index (χ2v) is 3.68. The van der Waals surface area contributed by atoms with Crippen molar-refractivity contribution >= 4 is 22.4 Å². The van der Waals surface area contributed by atoms with Crippen LogP contribution in [0.1, 0.15) is 11.5 Å². The van der Waals surface area contributed by atoms with Crippen molar-refractivity contribution < 1.29 is 4.42 Å². The summed E-state index contributed by atoms with van der Waals surface area (Å²) in [7, 11) is 1.89. The molecule has 0 aliphatic carbocycles. The van der Waals surface area contributed by atoms with Gasteiger partial charge >= 0.3 is 0 Å². The van der Waals surface area contributed by atoms with E-state index in [0.717, 1.165) is 27.3 Å². The highest BCUT2D eigenvalue weighted by Gasteiger charge is 2.11. The van der Waals surface area contributed by atoms with E-state index in [1.807, 2.05) is 32.2 Å². The van der Waals surface area contributed by atoms with Gasteiger partial charge in [0.25, 0.3) is 0 Å². The van der Waals surface area contributed by atoms with Gasteiger partial charge in [-0.15, -0.1) is 0 Å². The first kappa shape index (κ1) is 9.56. The predicted octanol–water partition coefficient (Wildman–Crippen LogP) is 3.11. The maximum absolute atomic E-state index is 6.12. The summed E-state index contributed by atoms with van der Waals surface area (Å²) in [5, 5.41) is 5.95. The van der Waals surface area contributed by atoms with Crippen molar-refractivity contribution in [3.8, 4) is 0 Å². The number of nitrogens with one attached hydrogen (secondary N) is 1. The van der Waals surface area contributed by atoms with Gasteiger partial charge in [0.15, 0.2) is 0 Å². The highest BCUT2D eigenvalue weighted by atomic mass is 35.5. The predicted molar refractivity (Wildman–Crippen MR) is 58.7 cm³/mol. The minimum Gasteiger partial charge on any atom is -0.464 e. The summed E-state index contributed by atoms with van der Waals surface area (Å²) >= 11 is 6.12. The first-order valence-electron chi connectivity index (χ1n) is 4.55. The Morgan fingerprint density at radius 3 is 2.93 bits per heavy atom. The third-order valence-corrected chi connectivity index (χ3v) is 2.60. The van der Waals surface area contributed by atoms with Crippen LogP contribution >= 0.6 is 11.6 Å². The monoisotopic (exact) mass is 209 g/mol. The van der Waals surface area contributed by atoms with Gasteiger partial charge in [-0.05, 0) is 20.0 Å². The van der Waals surface area contributed by atoms with E-state index in [-0.39, 0.29) is 0 Å². The highest BCUT2D eigenvalue weighted by Crippen LogP contribution is 2.31. The van der Waals surface area contributed by atoms with E-state index < -0.39 is 0 Å². The minimum atomic E-state index is 0.702.